The molecule has 1 nitrogen and oxygen atoms in total. The van der Waals surface area contributed by atoms with Crippen LogP contribution < -0.4 is 4.90 Å². The van der Waals surface area contributed by atoms with Crippen LogP contribution in [-0.2, 0) is 5.41 Å². The van der Waals surface area contributed by atoms with Gasteiger partial charge in [0.25, 0.3) is 0 Å². The Morgan fingerprint density at radius 3 is 2.15 bits per heavy atom. The molecule has 0 amide bonds. The molecule has 3 aromatic carbocycles. The number of anilines is 2. The summed E-state index contributed by atoms with van der Waals surface area (Å²) in [6, 6.07) is 22.3. The lowest BCUT2D eigenvalue weighted by atomic mass is 9.82. The first-order chi connectivity index (χ1) is 12.4. The van der Waals surface area contributed by atoms with E-state index in [9.17, 15) is 0 Å². The van der Waals surface area contributed by atoms with Crippen molar-refractivity contribution in [3.05, 3.63) is 82.9 Å². The van der Waals surface area contributed by atoms with E-state index in [0.29, 0.717) is 0 Å². The third kappa shape index (κ3) is 2.38. The van der Waals surface area contributed by atoms with E-state index in [1.54, 1.807) is 0 Å². The number of aryl methyl sites for hydroxylation is 2. The summed E-state index contributed by atoms with van der Waals surface area (Å²) < 4.78 is 0. The minimum absolute atomic E-state index is 0.0412. The van der Waals surface area contributed by atoms with E-state index >= 15 is 0 Å². The predicted molar refractivity (Wildman–Crippen MR) is 113 cm³/mol. The van der Waals surface area contributed by atoms with E-state index in [0.717, 1.165) is 6.54 Å². The van der Waals surface area contributed by atoms with Gasteiger partial charge < -0.3 is 4.90 Å². The number of fused-ring (bicyclic) bond motifs is 3. The molecule has 1 aliphatic carbocycles. The lowest BCUT2D eigenvalue weighted by Crippen LogP contribution is -2.20. The van der Waals surface area contributed by atoms with E-state index in [1.807, 2.05) is 0 Å². The van der Waals surface area contributed by atoms with Crippen molar-refractivity contribution in [3.63, 3.8) is 0 Å². The summed E-state index contributed by atoms with van der Waals surface area (Å²) in [4.78, 5) is 2.45. The van der Waals surface area contributed by atoms with Crippen molar-refractivity contribution < 1.29 is 0 Å². The van der Waals surface area contributed by atoms with E-state index in [1.165, 1.54) is 44.8 Å². The molecule has 26 heavy (non-hydrogen) atoms. The minimum atomic E-state index is 0.0412. The molecule has 0 radical (unpaired) electrons. The van der Waals surface area contributed by atoms with Crippen molar-refractivity contribution in [1.82, 2.24) is 0 Å². The summed E-state index contributed by atoms with van der Waals surface area (Å²) in [6.45, 7) is 12.3. The van der Waals surface area contributed by atoms with Gasteiger partial charge in [-0.05, 0) is 72.4 Å². The summed E-state index contributed by atoms with van der Waals surface area (Å²) in [5.74, 6) is 0. The largest absolute Gasteiger partial charge is 0.341 e. The van der Waals surface area contributed by atoms with Gasteiger partial charge in [-0.1, -0.05) is 56.3 Å². The number of benzene rings is 3. The average Bonchev–Trinajstić information content (AvgIpc) is 2.85. The van der Waals surface area contributed by atoms with E-state index in [-0.39, 0.29) is 5.41 Å². The Kier molecular flexibility index (Phi) is 3.91. The van der Waals surface area contributed by atoms with Crippen LogP contribution in [0.4, 0.5) is 11.4 Å². The van der Waals surface area contributed by atoms with Gasteiger partial charge in [0, 0.05) is 23.3 Å². The lowest BCUT2D eigenvalue weighted by molar-refractivity contribution is 0.660. The average molecular weight is 341 g/mol. The Labute approximate surface area is 157 Å². The zero-order valence-corrected chi connectivity index (χ0v) is 16.4. The summed E-state index contributed by atoms with van der Waals surface area (Å²) in [5.41, 5.74) is 11.0. The van der Waals surface area contributed by atoms with Gasteiger partial charge in [0.05, 0.1) is 0 Å². The van der Waals surface area contributed by atoms with Gasteiger partial charge in [0.2, 0.25) is 0 Å². The second-order valence-corrected chi connectivity index (χ2v) is 7.89. The highest BCUT2D eigenvalue weighted by Crippen LogP contribution is 2.50. The van der Waals surface area contributed by atoms with Crippen LogP contribution in [0.2, 0.25) is 0 Å². The Morgan fingerprint density at radius 1 is 0.731 bits per heavy atom. The highest BCUT2D eigenvalue weighted by atomic mass is 15.1. The monoisotopic (exact) mass is 341 g/mol. The Hall–Kier alpha value is -2.54. The maximum absolute atomic E-state index is 2.45. The molecular formula is C25H27N. The van der Waals surface area contributed by atoms with Gasteiger partial charge in [-0.2, -0.15) is 0 Å². The topological polar surface area (TPSA) is 3.24 Å². The second-order valence-electron chi connectivity index (χ2n) is 7.89. The zero-order chi connectivity index (χ0) is 18.5. The fourth-order valence-electron chi connectivity index (χ4n) is 4.47. The first-order valence-electron chi connectivity index (χ1n) is 9.53. The van der Waals surface area contributed by atoms with Crippen LogP contribution in [-0.4, -0.2) is 6.54 Å². The van der Waals surface area contributed by atoms with Crippen LogP contribution in [0.1, 0.15) is 43.0 Å². The predicted octanol–water partition coefficient (Wildman–Crippen LogP) is 6.77. The van der Waals surface area contributed by atoms with Crippen molar-refractivity contribution in [2.45, 2.75) is 40.0 Å². The van der Waals surface area contributed by atoms with Crippen molar-refractivity contribution in [3.8, 4) is 11.1 Å². The third-order valence-corrected chi connectivity index (χ3v) is 5.91. The molecule has 3 aromatic rings. The molecule has 0 aliphatic heterocycles. The summed E-state index contributed by atoms with van der Waals surface area (Å²) in [7, 11) is 0. The van der Waals surface area contributed by atoms with E-state index < -0.39 is 0 Å². The summed E-state index contributed by atoms with van der Waals surface area (Å²) in [6.07, 6.45) is 0. The quantitative estimate of drug-likeness (QED) is 0.508. The molecule has 1 aliphatic rings. The smallest absolute Gasteiger partial charge is 0.0443 e. The van der Waals surface area contributed by atoms with Gasteiger partial charge >= 0.3 is 0 Å². The maximum Gasteiger partial charge on any atom is 0.0443 e. The van der Waals surface area contributed by atoms with Gasteiger partial charge in [0.15, 0.2) is 0 Å². The molecule has 0 aromatic heterocycles. The fourth-order valence-corrected chi connectivity index (χ4v) is 4.47. The first kappa shape index (κ1) is 16.9. The van der Waals surface area contributed by atoms with Gasteiger partial charge in [0.1, 0.15) is 0 Å². The summed E-state index contributed by atoms with van der Waals surface area (Å²) >= 11 is 0. The Morgan fingerprint density at radius 2 is 1.42 bits per heavy atom. The third-order valence-electron chi connectivity index (χ3n) is 5.91. The second kappa shape index (κ2) is 6.02. The van der Waals surface area contributed by atoms with Crippen LogP contribution in [0, 0.1) is 13.8 Å². The molecule has 0 saturated heterocycles. The number of hydrogen-bond donors (Lipinski definition) is 0. The number of nitrogens with zero attached hydrogens (tertiary/aromatic N) is 1. The Balaban J connectivity index is 1.92. The number of para-hydroxylation sites is 1. The molecule has 0 bridgehead atoms. The fraction of sp³-hybridized carbons (Fsp3) is 0.280. The zero-order valence-electron chi connectivity index (χ0n) is 16.4. The first-order valence-corrected chi connectivity index (χ1v) is 9.53. The molecule has 0 heterocycles. The lowest BCUT2D eigenvalue weighted by Gasteiger charge is -2.29. The van der Waals surface area contributed by atoms with Crippen LogP contribution in [0.3, 0.4) is 0 Å². The van der Waals surface area contributed by atoms with Crippen molar-refractivity contribution in [2.75, 3.05) is 11.4 Å². The number of hydrogen-bond acceptors (Lipinski definition) is 1. The van der Waals surface area contributed by atoms with Crippen LogP contribution in [0.25, 0.3) is 11.1 Å². The molecule has 0 spiro atoms. The van der Waals surface area contributed by atoms with Gasteiger partial charge in [-0.25, -0.2) is 0 Å². The standard InChI is InChI=1S/C25H27N/c1-6-26(23-14-10-7-11-17(23)2)24-16-22-20(15-18(24)3)19-12-8-9-13-21(19)25(22,4)5/h7-16H,6H2,1-5H3. The Bertz CT molecular complexity index is 981. The highest BCUT2D eigenvalue weighted by molar-refractivity contribution is 5.84. The molecule has 4 rings (SSSR count). The SMILES string of the molecule is CCN(c1ccccc1C)c1cc2c(cc1C)-c1ccccc1C2(C)C. The molecular weight excluding hydrogens is 314 g/mol. The summed E-state index contributed by atoms with van der Waals surface area (Å²) in [5, 5.41) is 0. The van der Waals surface area contributed by atoms with Crippen molar-refractivity contribution >= 4 is 11.4 Å². The van der Waals surface area contributed by atoms with Crippen molar-refractivity contribution in [1.29, 1.82) is 0 Å². The van der Waals surface area contributed by atoms with Crippen LogP contribution in [0.15, 0.2) is 60.7 Å². The highest BCUT2D eigenvalue weighted by Gasteiger charge is 2.36. The molecule has 1 heteroatoms. The molecule has 0 unspecified atom stereocenters. The molecule has 0 atom stereocenters. The molecule has 132 valence electrons. The van der Waals surface area contributed by atoms with Crippen LogP contribution in [0.5, 0.6) is 0 Å². The van der Waals surface area contributed by atoms with Gasteiger partial charge in [-0.15, -0.1) is 0 Å². The maximum atomic E-state index is 2.45. The van der Waals surface area contributed by atoms with E-state index in [2.05, 4.69) is 100 Å². The van der Waals surface area contributed by atoms with Gasteiger partial charge in [-0.3, -0.25) is 0 Å². The molecule has 0 fully saturated rings. The van der Waals surface area contributed by atoms with Crippen LogP contribution >= 0.6 is 0 Å². The minimum Gasteiger partial charge on any atom is -0.341 e. The van der Waals surface area contributed by atoms with Crippen molar-refractivity contribution in [2.24, 2.45) is 0 Å². The number of rotatable bonds is 3. The normalized spacial score (nSPS) is 14.0. The molecule has 0 saturated carbocycles. The molecule has 0 N–H and O–H groups in total. The van der Waals surface area contributed by atoms with E-state index in [4.69, 9.17) is 0 Å².